The fraction of sp³-hybridized carbons (Fsp3) is 0.368. The minimum absolute atomic E-state index is 0.131. The van der Waals surface area contributed by atoms with E-state index in [0.717, 1.165) is 12.1 Å². The van der Waals surface area contributed by atoms with Crippen LogP contribution in [0.25, 0.3) is 0 Å². The molecule has 8 heteroatoms. The van der Waals surface area contributed by atoms with Gasteiger partial charge in [-0.1, -0.05) is 57.2 Å². The van der Waals surface area contributed by atoms with E-state index < -0.39 is 44.3 Å². The normalized spacial score (nSPS) is 22.6. The Morgan fingerprint density at radius 1 is 1.04 bits per heavy atom. The van der Waals surface area contributed by atoms with Gasteiger partial charge in [-0.3, -0.25) is 0 Å². The fourth-order valence-corrected chi connectivity index (χ4v) is 4.99. The molecule has 0 spiro atoms. The molecule has 2 aromatic carbocycles. The maximum Gasteiger partial charge on any atom is 0.436 e. The van der Waals surface area contributed by atoms with Crippen LogP contribution in [0.5, 0.6) is 0 Å². The Morgan fingerprint density at radius 2 is 1.63 bits per heavy atom. The second kappa shape index (κ2) is 6.05. The zero-order chi connectivity index (χ0) is 20.3. The first kappa shape index (κ1) is 19.9. The van der Waals surface area contributed by atoms with Gasteiger partial charge in [0.15, 0.2) is 0 Å². The molecule has 0 saturated heterocycles. The van der Waals surface area contributed by atoms with Gasteiger partial charge in [0, 0.05) is 12.1 Å². The molecule has 0 aliphatic carbocycles. The number of halogens is 3. The molecule has 3 rings (SSSR count). The number of fused-ring (bicyclic) bond motifs is 1. The average molecular weight is 399 g/mol. The van der Waals surface area contributed by atoms with Crippen LogP contribution in [-0.2, 0) is 27.7 Å². The molecule has 1 N–H and O–H groups in total. The minimum atomic E-state index is -5.21. The lowest BCUT2D eigenvalue weighted by molar-refractivity contribution is -0.306. The fourth-order valence-electron chi connectivity index (χ4n) is 3.16. The van der Waals surface area contributed by atoms with Crippen molar-refractivity contribution in [2.45, 2.75) is 49.5 Å². The van der Waals surface area contributed by atoms with Crippen LogP contribution in [0.2, 0.25) is 0 Å². The number of hydrogen-bond donors (Lipinski definition) is 1. The van der Waals surface area contributed by atoms with Crippen molar-refractivity contribution in [1.82, 2.24) is 4.31 Å². The lowest BCUT2D eigenvalue weighted by Gasteiger charge is -2.34. The Morgan fingerprint density at radius 3 is 2.15 bits per heavy atom. The van der Waals surface area contributed by atoms with Crippen molar-refractivity contribution in [3.8, 4) is 0 Å². The van der Waals surface area contributed by atoms with E-state index in [0.29, 0.717) is 11.1 Å². The van der Waals surface area contributed by atoms with Gasteiger partial charge in [0.05, 0.1) is 4.90 Å². The smallest absolute Gasteiger partial charge is 0.363 e. The minimum Gasteiger partial charge on any atom is -0.363 e. The SMILES string of the molecule is CC(C)(C)c1ccc2c(c1)C(O)(C(F)(F)F)N(Cc1ccccc1)S2(=O)=O. The van der Waals surface area contributed by atoms with Crippen LogP contribution in [0, 0.1) is 0 Å². The van der Waals surface area contributed by atoms with Crippen LogP contribution < -0.4 is 0 Å². The summed E-state index contributed by atoms with van der Waals surface area (Å²) >= 11 is 0. The first-order chi connectivity index (χ1) is 12.3. The maximum absolute atomic E-state index is 14.0. The predicted molar refractivity (Wildman–Crippen MR) is 94.3 cm³/mol. The van der Waals surface area contributed by atoms with Crippen molar-refractivity contribution in [3.63, 3.8) is 0 Å². The second-order valence-electron chi connectivity index (χ2n) is 7.63. The van der Waals surface area contributed by atoms with Gasteiger partial charge in [0.1, 0.15) is 0 Å². The molecule has 0 radical (unpaired) electrons. The molecular weight excluding hydrogens is 379 g/mol. The first-order valence-electron chi connectivity index (χ1n) is 8.30. The van der Waals surface area contributed by atoms with Gasteiger partial charge in [0.2, 0.25) is 10.0 Å². The quantitative estimate of drug-likeness (QED) is 0.833. The van der Waals surface area contributed by atoms with E-state index in [1.54, 1.807) is 39.0 Å². The molecule has 0 amide bonds. The summed E-state index contributed by atoms with van der Waals surface area (Å²) in [5, 5.41) is 10.7. The standard InChI is InChI=1S/C19H20F3NO3S/c1-17(2,3)14-9-10-16-15(11-14)18(24,19(20,21)22)23(27(16,25)26)12-13-7-5-4-6-8-13/h4-11,24H,12H2,1-3H3. The number of hydrogen-bond acceptors (Lipinski definition) is 3. The average Bonchev–Trinajstić information content (AvgIpc) is 2.74. The molecule has 27 heavy (non-hydrogen) atoms. The van der Waals surface area contributed by atoms with E-state index in [2.05, 4.69) is 0 Å². The Bertz CT molecular complexity index is 966. The molecule has 1 heterocycles. The molecule has 2 aromatic rings. The van der Waals surface area contributed by atoms with Crippen molar-refractivity contribution in [2.75, 3.05) is 0 Å². The number of sulfonamides is 1. The molecule has 146 valence electrons. The summed E-state index contributed by atoms with van der Waals surface area (Å²) in [6, 6.07) is 11.6. The summed E-state index contributed by atoms with van der Waals surface area (Å²) in [5.41, 5.74) is -3.96. The molecule has 0 fully saturated rings. The van der Waals surface area contributed by atoms with E-state index in [4.69, 9.17) is 0 Å². The molecule has 1 unspecified atom stereocenters. The van der Waals surface area contributed by atoms with Crippen molar-refractivity contribution < 1.29 is 26.7 Å². The van der Waals surface area contributed by atoms with Gasteiger partial charge < -0.3 is 5.11 Å². The van der Waals surface area contributed by atoms with Gasteiger partial charge in [-0.15, -0.1) is 0 Å². The zero-order valence-electron chi connectivity index (χ0n) is 15.1. The summed E-state index contributed by atoms with van der Waals surface area (Å²) in [4.78, 5) is -0.522. The second-order valence-corrected chi connectivity index (χ2v) is 9.46. The zero-order valence-corrected chi connectivity index (χ0v) is 15.9. The Kier molecular flexibility index (Phi) is 4.45. The van der Waals surface area contributed by atoms with Gasteiger partial charge in [-0.05, 0) is 28.7 Å². The largest absolute Gasteiger partial charge is 0.436 e. The van der Waals surface area contributed by atoms with E-state index in [1.807, 2.05) is 0 Å². The Labute approximate surface area is 156 Å². The molecule has 1 atom stereocenters. The van der Waals surface area contributed by atoms with Crippen LogP contribution in [0.4, 0.5) is 13.2 Å². The molecule has 0 saturated carbocycles. The summed E-state index contributed by atoms with van der Waals surface area (Å²) in [7, 11) is -4.53. The predicted octanol–water partition coefficient (Wildman–Crippen LogP) is 3.90. The van der Waals surface area contributed by atoms with Gasteiger partial charge in [-0.25, -0.2) is 8.42 Å². The van der Waals surface area contributed by atoms with E-state index >= 15 is 0 Å². The highest BCUT2D eigenvalue weighted by molar-refractivity contribution is 7.89. The summed E-state index contributed by atoms with van der Waals surface area (Å²) < 4.78 is 67.9. The molecule has 0 aromatic heterocycles. The third-order valence-electron chi connectivity index (χ3n) is 4.71. The molecule has 4 nitrogen and oxygen atoms in total. The van der Waals surface area contributed by atoms with Gasteiger partial charge in [0.25, 0.3) is 5.72 Å². The van der Waals surface area contributed by atoms with Gasteiger partial charge >= 0.3 is 6.18 Å². The van der Waals surface area contributed by atoms with E-state index in [1.165, 1.54) is 18.2 Å². The number of alkyl halides is 3. The van der Waals surface area contributed by atoms with E-state index in [-0.39, 0.29) is 4.31 Å². The van der Waals surface area contributed by atoms with Gasteiger partial charge in [-0.2, -0.15) is 17.5 Å². The number of benzene rings is 2. The Balaban J connectivity index is 2.25. The number of nitrogens with zero attached hydrogens (tertiary/aromatic N) is 1. The third kappa shape index (κ3) is 3.05. The van der Waals surface area contributed by atoms with Crippen molar-refractivity contribution in [3.05, 3.63) is 65.2 Å². The van der Waals surface area contributed by atoms with Crippen LogP contribution in [-0.4, -0.2) is 24.0 Å². The third-order valence-corrected chi connectivity index (χ3v) is 6.60. The topological polar surface area (TPSA) is 57.6 Å². The monoisotopic (exact) mass is 399 g/mol. The molecule has 1 aliphatic rings. The van der Waals surface area contributed by atoms with Crippen LogP contribution >= 0.6 is 0 Å². The van der Waals surface area contributed by atoms with E-state index in [9.17, 15) is 26.7 Å². The number of rotatable bonds is 2. The van der Waals surface area contributed by atoms with Crippen molar-refractivity contribution in [1.29, 1.82) is 0 Å². The van der Waals surface area contributed by atoms with Crippen LogP contribution in [0.3, 0.4) is 0 Å². The van der Waals surface area contributed by atoms with Crippen molar-refractivity contribution >= 4 is 10.0 Å². The first-order valence-corrected chi connectivity index (χ1v) is 9.74. The molecule has 1 aliphatic heterocycles. The van der Waals surface area contributed by atoms with Crippen LogP contribution in [0.1, 0.15) is 37.5 Å². The maximum atomic E-state index is 14.0. The number of aliphatic hydroxyl groups is 1. The lowest BCUT2D eigenvalue weighted by atomic mass is 9.85. The van der Waals surface area contributed by atoms with Crippen LogP contribution in [0.15, 0.2) is 53.4 Å². The molecular formula is C19H20F3NO3S. The highest BCUT2D eigenvalue weighted by Crippen LogP contribution is 2.52. The summed E-state index contributed by atoms with van der Waals surface area (Å²) in [6.07, 6.45) is -5.21. The highest BCUT2D eigenvalue weighted by atomic mass is 32.2. The van der Waals surface area contributed by atoms with Crippen molar-refractivity contribution in [2.24, 2.45) is 0 Å². The summed E-state index contributed by atoms with van der Waals surface area (Å²) in [5.74, 6) is 0. The highest BCUT2D eigenvalue weighted by Gasteiger charge is 2.68. The Hall–Kier alpha value is -1.90. The molecule has 0 bridgehead atoms. The lowest BCUT2D eigenvalue weighted by Crippen LogP contribution is -2.53. The summed E-state index contributed by atoms with van der Waals surface area (Å²) in [6.45, 7) is 4.80.